The first-order chi connectivity index (χ1) is 8.36. The van der Waals surface area contributed by atoms with Gasteiger partial charge in [-0.3, -0.25) is 9.48 Å². The van der Waals surface area contributed by atoms with Crippen molar-refractivity contribution < 1.29 is 18.0 Å². The van der Waals surface area contributed by atoms with Crippen LogP contribution in [-0.4, -0.2) is 26.3 Å². The van der Waals surface area contributed by atoms with Crippen LogP contribution < -0.4 is 0 Å². The summed E-state index contributed by atoms with van der Waals surface area (Å²) in [4.78, 5) is 11.0. The molecule has 0 spiro atoms. The molecule has 0 unspecified atom stereocenters. The van der Waals surface area contributed by atoms with Gasteiger partial charge in [0.05, 0.1) is 12.7 Å². The van der Waals surface area contributed by atoms with Crippen LogP contribution in [0.2, 0.25) is 0 Å². The van der Waals surface area contributed by atoms with E-state index in [1.54, 1.807) is 24.1 Å². The summed E-state index contributed by atoms with van der Waals surface area (Å²) in [5, 5.41) is 3.95. The third kappa shape index (κ3) is 2.61. The van der Waals surface area contributed by atoms with E-state index < -0.39 is 12.0 Å². The molecule has 2 aromatic heterocycles. The summed E-state index contributed by atoms with van der Waals surface area (Å²) < 4.78 is 39.7. The van der Waals surface area contributed by atoms with Crippen LogP contribution >= 0.6 is 0 Å². The van der Waals surface area contributed by atoms with Crippen molar-refractivity contribution in [1.29, 1.82) is 0 Å². The molecule has 7 heteroatoms. The normalized spacial score (nSPS) is 11.8. The highest BCUT2D eigenvalue weighted by molar-refractivity contribution is 6.00. The minimum absolute atomic E-state index is 0.355. The molecule has 0 fully saturated rings. The molecule has 0 aliphatic heterocycles. The monoisotopic (exact) mass is 257 g/mol. The highest BCUT2D eigenvalue weighted by atomic mass is 19.4. The Hall–Kier alpha value is -2.05. The van der Waals surface area contributed by atoms with E-state index in [2.05, 4.69) is 5.10 Å². The number of rotatable bonds is 3. The maximum absolute atomic E-state index is 12.2. The molecule has 2 aromatic rings. The number of carbonyl (C=O) groups is 1. The number of aryl methyl sites for hydroxylation is 1. The van der Waals surface area contributed by atoms with E-state index in [1.165, 1.54) is 17.0 Å². The lowest BCUT2D eigenvalue weighted by molar-refractivity contribution is -0.0885. The maximum Gasteiger partial charge on any atom is 0.454 e. The lowest BCUT2D eigenvalue weighted by Gasteiger charge is -2.02. The average Bonchev–Trinajstić information content (AvgIpc) is 2.86. The van der Waals surface area contributed by atoms with Crippen molar-refractivity contribution in [3.63, 3.8) is 0 Å². The summed E-state index contributed by atoms with van der Waals surface area (Å²) in [6.45, 7) is 0.374. The Morgan fingerprint density at radius 1 is 1.39 bits per heavy atom. The van der Waals surface area contributed by atoms with E-state index in [-0.39, 0.29) is 5.56 Å². The fourth-order valence-corrected chi connectivity index (χ4v) is 1.60. The van der Waals surface area contributed by atoms with E-state index >= 15 is 0 Å². The second-order valence-electron chi connectivity index (χ2n) is 3.92. The van der Waals surface area contributed by atoms with Crippen molar-refractivity contribution in [3.8, 4) is 0 Å². The predicted molar refractivity (Wildman–Crippen MR) is 57.1 cm³/mol. The van der Waals surface area contributed by atoms with Gasteiger partial charge in [0.15, 0.2) is 0 Å². The molecule has 0 aliphatic rings. The summed E-state index contributed by atoms with van der Waals surface area (Å²) in [6, 6.07) is 1.16. The first-order valence-corrected chi connectivity index (χ1v) is 5.11. The molecule has 2 rings (SSSR count). The molecule has 0 amide bonds. The van der Waals surface area contributed by atoms with Crippen molar-refractivity contribution in [2.45, 2.75) is 12.7 Å². The quantitative estimate of drug-likeness (QED) is 0.789. The number of carbonyl (C=O) groups excluding carboxylic acids is 1. The Labute approximate surface area is 101 Å². The molecule has 2 heterocycles. The number of hydrogen-bond donors (Lipinski definition) is 0. The van der Waals surface area contributed by atoms with Crippen molar-refractivity contribution in [2.75, 3.05) is 0 Å². The molecule has 18 heavy (non-hydrogen) atoms. The Balaban J connectivity index is 2.14. The Morgan fingerprint density at radius 2 is 2.11 bits per heavy atom. The van der Waals surface area contributed by atoms with E-state index in [9.17, 15) is 18.0 Å². The minimum Gasteiger partial charge on any atom is -0.349 e. The highest BCUT2D eigenvalue weighted by Gasteiger charge is 2.39. The van der Waals surface area contributed by atoms with Gasteiger partial charge in [-0.15, -0.1) is 0 Å². The predicted octanol–water partition coefficient (Wildman–Crippen LogP) is 2.01. The van der Waals surface area contributed by atoms with Gasteiger partial charge < -0.3 is 4.57 Å². The van der Waals surface area contributed by atoms with Crippen LogP contribution in [0.3, 0.4) is 0 Å². The van der Waals surface area contributed by atoms with E-state index in [0.717, 1.165) is 11.6 Å². The van der Waals surface area contributed by atoms with Gasteiger partial charge in [-0.25, -0.2) is 0 Å². The highest BCUT2D eigenvalue weighted by Crippen LogP contribution is 2.21. The van der Waals surface area contributed by atoms with Crippen molar-refractivity contribution in [3.05, 3.63) is 42.0 Å². The van der Waals surface area contributed by atoms with Crippen LogP contribution in [-0.2, 0) is 13.6 Å². The molecule has 96 valence electrons. The molecule has 0 N–H and O–H groups in total. The number of nitrogens with zero attached hydrogens (tertiary/aromatic N) is 3. The molecule has 0 atom stereocenters. The molecule has 4 nitrogen and oxygen atoms in total. The van der Waals surface area contributed by atoms with Crippen LogP contribution in [0.15, 0.2) is 30.9 Å². The lowest BCUT2D eigenvalue weighted by atomic mass is 10.2. The van der Waals surface area contributed by atoms with Gasteiger partial charge in [-0.1, -0.05) is 0 Å². The zero-order valence-electron chi connectivity index (χ0n) is 9.48. The molecule has 0 aliphatic carbocycles. The molecule has 0 saturated carbocycles. The smallest absolute Gasteiger partial charge is 0.349 e. The van der Waals surface area contributed by atoms with Gasteiger partial charge in [0.25, 0.3) is 5.78 Å². The topological polar surface area (TPSA) is 39.8 Å². The fraction of sp³-hybridized carbons (Fsp3) is 0.273. The fourth-order valence-electron chi connectivity index (χ4n) is 1.60. The first kappa shape index (κ1) is 12.4. The van der Waals surface area contributed by atoms with Crippen LogP contribution in [0.1, 0.15) is 15.9 Å². The molecular weight excluding hydrogens is 247 g/mol. The number of halogens is 3. The molecule has 0 saturated heterocycles. The Kier molecular flexibility index (Phi) is 2.98. The van der Waals surface area contributed by atoms with Gasteiger partial charge in [0.1, 0.15) is 0 Å². The van der Waals surface area contributed by atoms with E-state index in [0.29, 0.717) is 6.54 Å². The molecular formula is C11H10F3N3O. The SMILES string of the molecule is Cn1cc(Cn2ccc(C(=O)C(F)(F)F)c2)cn1. The zero-order valence-corrected chi connectivity index (χ0v) is 9.48. The third-order valence-electron chi connectivity index (χ3n) is 2.39. The molecule has 0 radical (unpaired) electrons. The van der Waals surface area contributed by atoms with Gasteiger partial charge in [0.2, 0.25) is 0 Å². The number of aromatic nitrogens is 3. The van der Waals surface area contributed by atoms with Crippen molar-refractivity contribution in [2.24, 2.45) is 7.05 Å². The third-order valence-corrected chi connectivity index (χ3v) is 2.39. The van der Waals surface area contributed by atoms with Crippen LogP contribution in [0.4, 0.5) is 13.2 Å². The standard InChI is InChI=1S/C11H10F3N3O/c1-16-5-8(4-15-16)6-17-3-2-9(7-17)10(18)11(12,13)14/h2-5,7H,6H2,1H3. The van der Waals surface area contributed by atoms with E-state index in [4.69, 9.17) is 0 Å². The van der Waals surface area contributed by atoms with Crippen LogP contribution in [0.25, 0.3) is 0 Å². The van der Waals surface area contributed by atoms with E-state index in [1.807, 2.05) is 0 Å². The second kappa shape index (κ2) is 4.32. The molecule has 0 aromatic carbocycles. The first-order valence-electron chi connectivity index (χ1n) is 5.11. The zero-order chi connectivity index (χ0) is 13.3. The van der Waals surface area contributed by atoms with Gasteiger partial charge in [0, 0.05) is 36.8 Å². The summed E-state index contributed by atoms with van der Waals surface area (Å²) in [5.74, 6) is -1.83. The number of hydrogen-bond acceptors (Lipinski definition) is 2. The lowest BCUT2D eigenvalue weighted by Crippen LogP contribution is -2.22. The number of ketones is 1. The van der Waals surface area contributed by atoms with Crippen LogP contribution in [0, 0.1) is 0 Å². The van der Waals surface area contributed by atoms with Crippen molar-refractivity contribution >= 4 is 5.78 Å². The largest absolute Gasteiger partial charge is 0.454 e. The second-order valence-corrected chi connectivity index (χ2v) is 3.92. The average molecular weight is 257 g/mol. The van der Waals surface area contributed by atoms with Gasteiger partial charge in [-0.2, -0.15) is 18.3 Å². The summed E-state index contributed by atoms with van der Waals surface area (Å²) >= 11 is 0. The number of Topliss-reactive ketones (excluding diaryl/α,β-unsaturated/α-hetero) is 1. The van der Waals surface area contributed by atoms with Gasteiger partial charge in [-0.05, 0) is 6.07 Å². The Morgan fingerprint density at radius 3 is 2.67 bits per heavy atom. The maximum atomic E-state index is 12.2. The van der Waals surface area contributed by atoms with Gasteiger partial charge >= 0.3 is 6.18 Å². The Bertz CT molecular complexity index is 568. The van der Waals surface area contributed by atoms with Crippen molar-refractivity contribution in [1.82, 2.24) is 14.3 Å². The number of alkyl halides is 3. The summed E-state index contributed by atoms with van der Waals surface area (Å²) in [7, 11) is 1.75. The van der Waals surface area contributed by atoms with Crippen LogP contribution in [0.5, 0.6) is 0 Å². The summed E-state index contributed by atoms with van der Waals surface area (Å²) in [6.07, 6.45) is 1.16. The minimum atomic E-state index is -4.83. The molecule has 0 bridgehead atoms. The summed E-state index contributed by atoms with van der Waals surface area (Å²) in [5.41, 5.74) is 0.491.